The fraction of sp³-hybridized carbons (Fsp3) is 0.158. The Balaban J connectivity index is 1.62. The summed E-state index contributed by atoms with van der Waals surface area (Å²) in [5, 5.41) is 11.6. The fourth-order valence-corrected chi connectivity index (χ4v) is 3.38. The molecule has 150 valence electrons. The van der Waals surface area contributed by atoms with Crippen molar-refractivity contribution < 1.29 is 18.7 Å². The van der Waals surface area contributed by atoms with Crippen LogP contribution in [0.25, 0.3) is 11.5 Å². The molecule has 0 unspecified atom stereocenters. The number of benzene rings is 2. The van der Waals surface area contributed by atoms with Crippen LogP contribution in [0.4, 0.5) is 5.69 Å². The minimum Gasteiger partial charge on any atom is -0.462 e. The number of aromatic nitrogens is 2. The molecule has 0 saturated carbocycles. The molecule has 0 atom stereocenters. The molecule has 3 rings (SSSR count). The molecule has 0 bridgehead atoms. The summed E-state index contributed by atoms with van der Waals surface area (Å²) in [4.78, 5) is 24.3. The van der Waals surface area contributed by atoms with Crippen molar-refractivity contribution in [3.63, 3.8) is 0 Å². The first kappa shape index (κ1) is 21.2. The van der Waals surface area contributed by atoms with E-state index >= 15 is 0 Å². The number of halogens is 2. The minimum absolute atomic E-state index is 0.00709. The quantitative estimate of drug-likeness (QED) is 0.400. The van der Waals surface area contributed by atoms with E-state index in [1.54, 1.807) is 49.4 Å². The highest BCUT2D eigenvalue weighted by molar-refractivity contribution is 7.99. The number of rotatable bonds is 7. The van der Waals surface area contributed by atoms with Crippen LogP contribution in [-0.2, 0) is 9.53 Å². The van der Waals surface area contributed by atoms with Gasteiger partial charge < -0.3 is 14.5 Å². The van der Waals surface area contributed by atoms with Gasteiger partial charge in [-0.15, -0.1) is 10.2 Å². The van der Waals surface area contributed by atoms with Crippen LogP contribution in [0.15, 0.2) is 52.1 Å². The molecule has 0 aliphatic heterocycles. The summed E-state index contributed by atoms with van der Waals surface area (Å²) >= 11 is 13.1. The van der Waals surface area contributed by atoms with Gasteiger partial charge in [-0.2, -0.15) is 0 Å². The van der Waals surface area contributed by atoms with Crippen molar-refractivity contribution in [3.05, 3.63) is 58.1 Å². The average Bonchev–Trinajstić information content (AvgIpc) is 3.15. The van der Waals surface area contributed by atoms with Crippen LogP contribution in [-0.4, -0.2) is 34.4 Å². The Hall–Kier alpha value is -2.55. The molecule has 2 aromatic carbocycles. The lowest BCUT2D eigenvalue weighted by molar-refractivity contribution is -0.113. The summed E-state index contributed by atoms with van der Waals surface area (Å²) in [6.07, 6.45) is 0. The van der Waals surface area contributed by atoms with Gasteiger partial charge in [-0.3, -0.25) is 4.79 Å². The van der Waals surface area contributed by atoms with Crippen molar-refractivity contribution in [2.75, 3.05) is 17.7 Å². The third-order valence-corrected chi connectivity index (χ3v) is 4.96. The van der Waals surface area contributed by atoms with Gasteiger partial charge in [0.05, 0.1) is 34.2 Å². The Morgan fingerprint density at radius 2 is 1.97 bits per heavy atom. The molecule has 0 spiro atoms. The van der Waals surface area contributed by atoms with E-state index in [0.29, 0.717) is 21.3 Å². The summed E-state index contributed by atoms with van der Waals surface area (Å²) in [5.74, 6) is -0.608. The SMILES string of the molecule is CCOC(=O)c1ccccc1NC(=O)CSc1nnc(-c2ccc(Cl)cc2Cl)o1. The van der Waals surface area contributed by atoms with Gasteiger partial charge in [-0.05, 0) is 37.3 Å². The first-order valence-corrected chi connectivity index (χ1v) is 10.2. The Kier molecular flexibility index (Phi) is 7.13. The first-order chi connectivity index (χ1) is 14.0. The molecule has 0 saturated heterocycles. The van der Waals surface area contributed by atoms with Gasteiger partial charge in [0, 0.05) is 5.02 Å². The molecular weight excluding hydrogens is 437 g/mol. The normalized spacial score (nSPS) is 10.6. The van der Waals surface area contributed by atoms with E-state index in [1.807, 2.05) is 0 Å². The van der Waals surface area contributed by atoms with Crippen LogP contribution in [0.5, 0.6) is 0 Å². The lowest BCUT2D eigenvalue weighted by Gasteiger charge is -2.09. The number of hydrogen-bond acceptors (Lipinski definition) is 7. The van der Waals surface area contributed by atoms with Gasteiger partial charge in [0.1, 0.15) is 0 Å². The van der Waals surface area contributed by atoms with Gasteiger partial charge in [-0.1, -0.05) is 47.1 Å². The van der Waals surface area contributed by atoms with Gasteiger partial charge in [-0.25, -0.2) is 4.79 Å². The highest BCUT2D eigenvalue weighted by atomic mass is 35.5. The lowest BCUT2D eigenvalue weighted by Crippen LogP contribution is -2.17. The van der Waals surface area contributed by atoms with Gasteiger partial charge in [0.15, 0.2) is 0 Å². The summed E-state index contributed by atoms with van der Waals surface area (Å²) in [6, 6.07) is 11.5. The van der Waals surface area contributed by atoms with Crippen molar-refractivity contribution in [2.45, 2.75) is 12.1 Å². The molecule has 0 fully saturated rings. The molecule has 1 aromatic heterocycles. The second-order valence-corrected chi connectivity index (χ2v) is 7.37. The van der Waals surface area contributed by atoms with Crippen molar-refractivity contribution >= 4 is 52.5 Å². The van der Waals surface area contributed by atoms with Crippen molar-refractivity contribution in [2.24, 2.45) is 0 Å². The highest BCUT2D eigenvalue weighted by Gasteiger charge is 2.16. The number of hydrogen-bond donors (Lipinski definition) is 1. The number of nitrogens with one attached hydrogen (secondary N) is 1. The maximum absolute atomic E-state index is 12.3. The number of nitrogens with zero attached hydrogens (tertiary/aromatic N) is 2. The number of thioether (sulfide) groups is 1. The summed E-state index contributed by atoms with van der Waals surface area (Å²) in [7, 11) is 0. The van der Waals surface area contributed by atoms with Crippen molar-refractivity contribution in [1.82, 2.24) is 10.2 Å². The average molecular weight is 452 g/mol. The van der Waals surface area contributed by atoms with E-state index in [0.717, 1.165) is 11.8 Å². The fourth-order valence-electron chi connectivity index (χ4n) is 2.33. The molecule has 7 nitrogen and oxygen atoms in total. The molecule has 3 aromatic rings. The predicted molar refractivity (Wildman–Crippen MR) is 112 cm³/mol. The van der Waals surface area contributed by atoms with Gasteiger partial charge in [0.25, 0.3) is 5.22 Å². The number of ether oxygens (including phenoxy) is 1. The van der Waals surface area contributed by atoms with E-state index < -0.39 is 5.97 Å². The van der Waals surface area contributed by atoms with Crippen molar-refractivity contribution in [3.8, 4) is 11.5 Å². The number of amides is 1. The Labute approximate surface area is 180 Å². The third-order valence-electron chi connectivity index (χ3n) is 3.59. The smallest absolute Gasteiger partial charge is 0.340 e. The zero-order valence-corrected chi connectivity index (χ0v) is 17.5. The van der Waals surface area contributed by atoms with E-state index in [2.05, 4.69) is 15.5 Å². The first-order valence-electron chi connectivity index (χ1n) is 8.45. The number of anilines is 1. The van der Waals surface area contributed by atoms with Crippen LogP contribution in [0.3, 0.4) is 0 Å². The van der Waals surface area contributed by atoms with Crippen LogP contribution < -0.4 is 5.32 Å². The largest absolute Gasteiger partial charge is 0.462 e. The van der Waals surface area contributed by atoms with Crippen LogP contribution in [0, 0.1) is 0 Å². The molecule has 1 N–H and O–H groups in total. The molecule has 10 heteroatoms. The number of carbonyl (C=O) groups excluding carboxylic acids is 2. The van der Waals surface area contributed by atoms with Crippen LogP contribution in [0.1, 0.15) is 17.3 Å². The highest BCUT2D eigenvalue weighted by Crippen LogP contribution is 2.31. The third kappa shape index (κ3) is 5.50. The monoisotopic (exact) mass is 451 g/mol. The van der Waals surface area contributed by atoms with Gasteiger partial charge in [0.2, 0.25) is 11.8 Å². The second kappa shape index (κ2) is 9.78. The van der Waals surface area contributed by atoms with Crippen LogP contribution >= 0.6 is 35.0 Å². The number of para-hydroxylation sites is 1. The summed E-state index contributed by atoms with van der Waals surface area (Å²) in [6.45, 7) is 1.96. The van der Waals surface area contributed by atoms with Crippen LogP contribution in [0.2, 0.25) is 10.0 Å². The maximum atomic E-state index is 12.3. The molecular formula is C19H15Cl2N3O4S. The van der Waals surface area contributed by atoms with E-state index in [4.69, 9.17) is 32.4 Å². The second-order valence-electron chi connectivity index (χ2n) is 5.60. The zero-order chi connectivity index (χ0) is 20.8. The molecule has 0 aliphatic carbocycles. The topological polar surface area (TPSA) is 94.3 Å². The standard InChI is InChI=1S/C19H15Cl2N3O4S/c1-2-27-18(26)13-5-3-4-6-15(13)22-16(25)10-29-19-24-23-17(28-19)12-8-7-11(20)9-14(12)21/h3-9H,2,10H2,1H3,(H,22,25). The van der Waals surface area contributed by atoms with Gasteiger partial charge >= 0.3 is 5.97 Å². The van der Waals surface area contributed by atoms with E-state index in [9.17, 15) is 9.59 Å². The zero-order valence-electron chi connectivity index (χ0n) is 15.1. The Morgan fingerprint density at radius 3 is 2.72 bits per heavy atom. The number of carbonyl (C=O) groups is 2. The summed E-state index contributed by atoms with van der Waals surface area (Å²) < 4.78 is 10.5. The number of esters is 1. The summed E-state index contributed by atoms with van der Waals surface area (Å²) in [5.41, 5.74) is 1.20. The van der Waals surface area contributed by atoms with E-state index in [1.165, 1.54) is 0 Å². The molecule has 0 radical (unpaired) electrons. The molecule has 1 heterocycles. The molecule has 0 aliphatic rings. The Morgan fingerprint density at radius 1 is 1.17 bits per heavy atom. The van der Waals surface area contributed by atoms with Crippen molar-refractivity contribution in [1.29, 1.82) is 0 Å². The minimum atomic E-state index is -0.502. The molecule has 29 heavy (non-hydrogen) atoms. The predicted octanol–water partition coefficient (Wildman–Crippen LogP) is 4.95. The maximum Gasteiger partial charge on any atom is 0.340 e. The van der Waals surface area contributed by atoms with E-state index in [-0.39, 0.29) is 34.9 Å². The molecule has 1 amide bonds. The lowest BCUT2D eigenvalue weighted by atomic mass is 10.2. The Bertz CT molecular complexity index is 1040.